The Kier molecular flexibility index (Phi) is 6.57. The van der Waals surface area contributed by atoms with Crippen molar-refractivity contribution in [3.8, 4) is 0 Å². The fourth-order valence-electron chi connectivity index (χ4n) is 8.28. The number of hydrogen-bond donors (Lipinski definition) is 0. The molecule has 3 atom stereocenters. The molecule has 3 nitrogen and oxygen atoms in total. The summed E-state index contributed by atoms with van der Waals surface area (Å²) in [5.41, 5.74) is 1.69. The van der Waals surface area contributed by atoms with Crippen LogP contribution in [0.3, 0.4) is 0 Å². The highest BCUT2D eigenvalue weighted by Gasteiger charge is 2.57. The van der Waals surface area contributed by atoms with Crippen LogP contribution in [0.25, 0.3) is 0 Å². The summed E-state index contributed by atoms with van der Waals surface area (Å²) in [7, 11) is 0. The molecule has 1 aromatic heterocycles. The number of fused-ring (bicyclic) bond motifs is 2. The van der Waals surface area contributed by atoms with Gasteiger partial charge in [0.1, 0.15) is 0 Å². The smallest absolute Gasteiger partial charge is 0.337 e. The van der Waals surface area contributed by atoms with E-state index in [4.69, 9.17) is 0 Å². The molecule has 0 unspecified atom stereocenters. The molecule has 2 heterocycles. The molecule has 0 radical (unpaired) electrons. The number of aromatic nitrogens is 1. The number of nitrogens with zero attached hydrogens (tertiary/aromatic N) is 2. The van der Waals surface area contributed by atoms with Crippen molar-refractivity contribution in [1.82, 2.24) is 9.88 Å². The first-order valence-corrected chi connectivity index (χ1v) is 14.2. The molecular formula is C31H37F3N2O. The number of benzene rings is 1. The van der Waals surface area contributed by atoms with Gasteiger partial charge in [-0.05, 0) is 98.7 Å². The van der Waals surface area contributed by atoms with Crippen molar-refractivity contribution in [2.45, 2.75) is 83.4 Å². The van der Waals surface area contributed by atoms with E-state index < -0.39 is 11.7 Å². The van der Waals surface area contributed by atoms with E-state index in [2.05, 4.69) is 35.3 Å². The van der Waals surface area contributed by atoms with Crippen LogP contribution in [0.4, 0.5) is 13.2 Å². The first kappa shape index (κ1) is 24.9. The van der Waals surface area contributed by atoms with Crippen molar-refractivity contribution in [3.63, 3.8) is 0 Å². The van der Waals surface area contributed by atoms with Crippen molar-refractivity contribution < 1.29 is 18.0 Å². The van der Waals surface area contributed by atoms with Gasteiger partial charge in [0.05, 0.1) is 11.0 Å². The van der Waals surface area contributed by atoms with Crippen molar-refractivity contribution >= 4 is 5.91 Å². The van der Waals surface area contributed by atoms with Crippen LogP contribution >= 0.6 is 0 Å². The number of carbonyl (C=O) groups is 1. The number of pyridine rings is 1. The monoisotopic (exact) mass is 510 g/mol. The Balaban J connectivity index is 1.11. The quantitative estimate of drug-likeness (QED) is 0.435. The number of amides is 1. The van der Waals surface area contributed by atoms with Gasteiger partial charge >= 0.3 is 6.18 Å². The topological polar surface area (TPSA) is 33.2 Å². The normalized spacial score (nSPS) is 31.7. The van der Waals surface area contributed by atoms with E-state index >= 15 is 0 Å². The molecule has 37 heavy (non-hydrogen) atoms. The Morgan fingerprint density at radius 2 is 1.84 bits per heavy atom. The molecule has 198 valence electrons. The third kappa shape index (κ3) is 4.81. The summed E-state index contributed by atoms with van der Waals surface area (Å²) < 4.78 is 39.8. The van der Waals surface area contributed by atoms with E-state index in [1.165, 1.54) is 43.7 Å². The second-order valence-electron chi connectivity index (χ2n) is 12.2. The van der Waals surface area contributed by atoms with E-state index in [9.17, 15) is 18.0 Å². The summed E-state index contributed by atoms with van der Waals surface area (Å²) in [6.07, 6.45) is 8.61. The highest BCUT2D eigenvalue weighted by molar-refractivity contribution is 5.84. The Morgan fingerprint density at radius 3 is 2.59 bits per heavy atom. The van der Waals surface area contributed by atoms with E-state index in [0.717, 1.165) is 44.2 Å². The van der Waals surface area contributed by atoms with Gasteiger partial charge in [0.2, 0.25) is 5.91 Å². The van der Waals surface area contributed by atoms with Crippen LogP contribution < -0.4 is 0 Å². The summed E-state index contributed by atoms with van der Waals surface area (Å²) in [6, 6.07) is 12.0. The lowest BCUT2D eigenvalue weighted by molar-refractivity contribution is -0.144. The lowest BCUT2D eigenvalue weighted by Gasteiger charge is -2.38. The van der Waals surface area contributed by atoms with Crippen LogP contribution in [-0.4, -0.2) is 22.3 Å². The first-order chi connectivity index (χ1) is 17.8. The van der Waals surface area contributed by atoms with E-state index in [-0.39, 0.29) is 17.9 Å². The molecule has 1 aromatic carbocycles. The highest BCUT2D eigenvalue weighted by atomic mass is 19.4. The third-order valence-electron chi connectivity index (χ3n) is 10.2. The third-order valence-corrected chi connectivity index (χ3v) is 10.2. The maximum Gasteiger partial charge on any atom is 0.417 e. The molecule has 4 aliphatic rings. The average molecular weight is 511 g/mol. The van der Waals surface area contributed by atoms with E-state index in [1.807, 2.05) is 4.90 Å². The van der Waals surface area contributed by atoms with Crippen molar-refractivity contribution in [1.29, 1.82) is 0 Å². The predicted molar refractivity (Wildman–Crippen MR) is 136 cm³/mol. The molecule has 3 aliphatic carbocycles. The Morgan fingerprint density at radius 1 is 1.05 bits per heavy atom. The molecule has 6 rings (SSSR count). The van der Waals surface area contributed by atoms with Gasteiger partial charge in [0.15, 0.2) is 0 Å². The van der Waals surface area contributed by atoms with E-state index in [1.54, 1.807) is 0 Å². The molecule has 3 saturated carbocycles. The van der Waals surface area contributed by atoms with Crippen molar-refractivity contribution in [2.24, 2.45) is 29.1 Å². The van der Waals surface area contributed by atoms with Gasteiger partial charge in [0, 0.05) is 31.4 Å². The SMILES string of the molecule is O=C(N1CCc2ncc(C(F)(F)F)cc2C1)[C@@]12CCC[C@@H]1C[C@@H](C1CCC(Cc3ccccc3)CC1)C2. The van der Waals surface area contributed by atoms with Gasteiger partial charge in [0.25, 0.3) is 0 Å². The zero-order valence-electron chi connectivity index (χ0n) is 21.5. The average Bonchev–Trinajstić information content (AvgIpc) is 3.47. The number of alkyl halides is 3. The van der Waals surface area contributed by atoms with Gasteiger partial charge in [-0.2, -0.15) is 13.2 Å². The Hall–Kier alpha value is -2.37. The molecule has 0 N–H and O–H groups in total. The van der Waals surface area contributed by atoms with Crippen LogP contribution in [0.15, 0.2) is 42.6 Å². The standard InChI is InChI=1S/C31H37F3N2O/c32-31(33,34)27-17-25-20-36(14-12-28(25)35-19-27)29(37)30-13-4-7-26(30)16-24(18-30)23-10-8-22(9-11-23)15-21-5-2-1-3-6-21/h1-3,5-6,17,19,22-24,26H,4,7-16,18,20H2/t22?,23?,24-,26-,30-/m1/s1. The van der Waals surface area contributed by atoms with Gasteiger partial charge in [-0.1, -0.05) is 36.8 Å². The summed E-state index contributed by atoms with van der Waals surface area (Å²) in [5, 5.41) is 0. The molecule has 3 fully saturated rings. The molecule has 1 aliphatic heterocycles. The molecular weight excluding hydrogens is 473 g/mol. The molecule has 6 heteroatoms. The predicted octanol–water partition coefficient (Wildman–Crippen LogP) is 7.23. The van der Waals surface area contributed by atoms with Crippen LogP contribution in [0.1, 0.15) is 80.2 Å². The van der Waals surface area contributed by atoms with Crippen LogP contribution in [0.5, 0.6) is 0 Å². The lowest BCUT2D eigenvalue weighted by atomic mass is 9.72. The fraction of sp³-hybridized carbons (Fsp3) is 0.613. The maximum absolute atomic E-state index is 14.1. The summed E-state index contributed by atoms with van der Waals surface area (Å²) in [4.78, 5) is 20.0. The Bertz CT molecular complexity index is 1130. The molecule has 2 aromatic rings. The summed E-state index contributed by atoms with van der Waals surface area (Å²) >= 11 is 0. The van der Waals surface area contributed by atoms with Crippen LogP contribution in [0, 0.1) is 29.1 Å². The molecule has 0 saturated heterocycles. The second kappa shape index (κ2) is 9.74. The van der Waals surface area contributed by atoms with E-state index in [0.29, 0.717) is 42.0 Å². The molecule has 1 amide bonds. The molecule has 0 bridgehead atoms. The number of carbonyl (C=O) groups excluding carboxylic acids is 1. The van der Waals surface area contributed by atoms with Crippen LogP contribution in [-0.2, 0) is 30.4 Å². The first-order valence-electron chi connectivity index (χ1n) is 14.2. The maximum atomic E-state index is 14.1. The summed E-state index contributed by atoms with van der Waals surface area (Å²) in [5.74, 6) is 2.73. The van der Waals surface area contributed by atoms with Gasteiger partial charge in [-0.25, -0.2) is 0 Å². The zero-order valence-corrected chi connectivity index (χ0v) is 21.5. The minimum absolute atomic E-state index is 0.207. The minimum Gasteiger partial charge on any atom is -0.337 e. The van der Waals surface area contributed by atoms with Crippen molar-refractivity contribution in [2.75, 3.05) is 6.54 Å². The lowest BCUT2D eigenvalue weighted by Crippen LogP contribution is -2.46. The summed E-state index contributed by atoms with van der Waals surface area (Å²) in [6.45, 7) is 0.822. The zero-order chi connectivity index (χ0) is 25.6. The van der Waals surface area contributed by atoms with Crippen LogP contribution in [0.2, 0.25) is 0 Å². The molecule has 0 spiro atoms. The van der Waals surface area contributed by atoms with Crippen molar-refractivity contribution in [3.05, 3.63) is 65.0 Å². The van der Waals surface area contributed by atoms with Gasteiger partial charge in [-0.3, -0.25) is 9.78 Å². The van der Waals surface area contributed by atoms with Gasteiger partial charge in [-0.15, -0.1) is 0 Å². The number of hydrogen-bond acceptors (Lipinski definition) is 2. The second-order valence-corrected chi connectivity index (χ2v) is 12.2. The highest BCUT2D eigenvalue weighted by Crippen LogP contribution is 2.60. The Labute approximate surface area is 217 Å². The van der Waals surface area contributed by atoms with Gasteiger partial charge < -0.3 is 4.90 Å². The minimum atomic E-state index is -4.41. The number of halogens is 3. The number of rotatable bonds is 4. The largest absolute Gasteiger partial charge is 0.417 e. The fourth-order valence-corrected chi connectivity index (χ4v) is 8.28.